The van der Waals surface area contributed by atoms with Crippen LogP contribution in [-0.4, -0.2) is 33.5 Å². The van der Waals surface area contributed by atoms with E-state index < -0.39 is 12.3 Å². The van der Waals surface area contributed by atoms with Crippen LogP contribution in [0.1, 0.15) is 38.7 Å². The molecule has 0 aliphatic heterocycles. The molecule has 6 nitrogen and oxygen atoms in total. The fraction of sp³-hybridized carbons (Fsp3) is 0.500. The Morgan fingerprint density at radius 1 is 1.50 bits per heavy atom. The number of imidazole rings is 1. The zero-order valence-electron chi connectivity index (χ0n) is 13.0. The number of nitrogens with one attached hydrogen (secondary N) is 2. The zero-order chi connectivity index (χ0) is 15.9. The highest BCUT2D eigenvalue weighted by Gasteiger charge is 2.15. The summed E-state index contributed by atoms with van der Waals surface area (Å²) >= 11 is 0. The summed E-state index contributed by atoms with van der Waals surface area (Å²) in [6.45, 7) is 3.96. The Morgan fingerprint density at radius 2 is 2.32 bits per heavy atom. The molecule has 1 heterocycles. The number of hydrogen-bond acceptors (Lipinski definition) is 3. The molecule has 2 aromatic rings. The van der Waals surface area contributed by atoms with Crippen molar-refractivity contribution < 1.29 is 14.6 Å². The molecule has 0 radical (unpaired) electrons. The SMILES string of the molecule is CCC(C)OC(CCCc1cccc2[nH]cnc12)NC(=O)O. The Labute approximate surface area is 129 Å². The first-order valence-electron chi connectivity index (χ1n) is 7.66. The van der Waals surface area contributed by atoms with E-state index in [1.54, 1.807) is 6.33 Å². The second-order valence-corrected chi connectivity index (χ2v) is 5.40. The van der Waals surface area contributed by atoms with Gasteiger partial charge in [0.15, 0.2) is 0 Å². The molecule has 1 amide bonds. The summed E-state index contributed by atoms with van der Waals surface area (Å²) in [7, 11) is 0. The topological polar surface area (TPSA) is 87.2 Å². The lowest BCUT2D eigenvalue weighted by Crippen LogP contribution is -2.38. The first-order valence-corrected chi connectivity index (χ1v) is 7.66. The van der Waals surface area contributed by atoms with Gasteiger partial charge in [0.25, 0.3) is 0 Å². The number of aromatic nitrogens is 2. The van der Waals surface area contributed by atoms with E-state index >= 15 is 0 Å². The molecule has 2 unspecified atom stereocenters. The van der Waals surface area contributed by atoms with Gasteiger partial charge in [0.2, 0.25) is 0 Å². The van der Waals surface area contributed by atoms with E-state index in [4.69, 9.17) is 9.84 Å². The number of para-hydroxylation sites is 1. The lowest BCUT2D eigenvalue weighted by molar-refractivity contribution is -0.0241. The molecule has 1 aromatic carbocycles. The molecule has 120 valence electrons. The highest BCUT2D eigenvalue weighted by Crippen LogP contribution is 2.17. The van der Waals surface area contributed by atoms with Crippen LogP contribution >= 0.6 is 0 Å². The summed E-state index contributed by atoms with van der Waals surface area (Å²) in [4.78, 5) is 18.3. The zero-order valence-corrected chi connectivity index (χ0v) is 13.0. The van der Waals surface area contributed by atoms with Gasteiger partial charge in [0.1, 0.15) is 6.23 Å². The largest absolute Gasteiger partial charge is 0.465 e. The van der Waals surface area contributed by atoms with Gasteiger partial charge in [-0.05, 0) is 44.2 Å². The first-order chi connectivity index (χ1) is 10.6. The van der Waals surface area contributed by atoms with Gasteiger partial charge in [-0.2, -0.15) is 0 Å². The van der Waals surface area contributed by atoms with Crippen molar-refractivity contribution in [2.24, 2.45) is 0 Å². The van der Waals surface area contributed by atoms with Crippen molar-refractivity contribution in [1.29, 1.82) is 0 Å². The van der Waals surface area contributed by atoms with E-state index in [0.29, 0.717) is 6.42 Å². The third-order valence-electron chi connectivity index (χ3n) is 3.70. The van der Waals surface area contributed by atoms with Crippen LogP contribution in [0, 0.1) is 0 Å². The summed E-state index contributed by atoms with van der Waals surface area (Å²) in [5, 5.41) is 11.3. The van der Waals surface area contributed by atoms with Gasteiger partial charge in [-0.25, -0.2) is 9.78 Å². The van der Waals surface area contributed by atoms with Crippen molar-refractivity contribution in [3.05, 3.63) is 30.1 Å². The molecule has 0 aliphatic rings. The molecule has 0 fully saturated rings. The highest BCUT2D eigenvalue weighted by atomic mass is 16.5. The van der Waals surface area contributed by atoms with Crippen molar-refractivity contribution in [1.82, 2.24) is 15.3 Å². The number of benzene rings is 1. The average Bonchev–Trinajstić information content (AvgIpc) is 2.95. The molecule has 0 spiro atoms. The summed E-state index contributed by atoms with van der Waals surface area (Å²) in [6.07, 6.45) is 3.36. The second-order valence-electron chi connectivity index (χ2n) is 5.40. The molecule has 2 rings (SSSR count). The summed E-state index contributed by atoms with van der Waals surface area (Å²) < 4.78 is 5.71. The molecule has 3 N–H and O–H groups in total. The molecule has 22 heavy (non-hydrogen) atoms. The fourth-order valence-electron chi connectivity index (χ4n) is 2.39. The van der Waals surface area contributed by atoms with Crippen LogP contribution in [0.3, 0.4) is 0 Å². The lowest BCUT2D eigenvalue weighted by atomic mass is 10.1. The number of aryl methyl sites for hydroxylation is 1. The number of carbonyl (C=O) groups is 1. The van der Waals surface area contributed by atoms with Crippen LogP contribution in [0.4, 0.5) is 4.79 Å². The van der Waals surface area contributed by atoms with Gasteiger partial charge in [-0.15, -0.1) is 0 Å². The molecule has 0 bridgehead atoms. The maximum absolute atomic E-state index is 10.8. The average molecular weight is 305 g/mol. The maximum Gasteiger partial charge on any atom is 0.406 e. The number of hydrogen-bond donors (Lipinski definition) is 3. The minimum absolute atomic E-state index is 0.0339. The predicted molar refractivity (Wildman–Crippen MR) is 84.8 cm³/mol. The van der Waals surface area contributed by atoms with Crippen LogP contribution < -0.4 is 5.32 Å². The Balaban J connectivity index is 1.91. The molecule has 0 aliphatic carbocycles. The van der Waals surface area contributed by atoms with Crippen molar-refractivity contribution in [2.75, 3.05) is 0 Å². The number of aromatic amines is 1. The Morgan fingerprint density at radius 3 is 3.05 bits per heavy atom. The van der Waals surface area contributed by atoms with Crippen molar-refractivity contribution in [2.45, 2.75) is 51.9 Å². The fourth-order valence-corrected chi connectivity index (χ4v) is 2.39. The Kier molecular flexibility index (Phi) is 5.77. The quantitative estimate of drug-likeness (QED) is 0.653. The number of ether oxygens (including phenoxy) is 1. The third-order valence-corrected chi connectivity index (χ3v) is 3.70. The number of fused-ring (bicyclic) bond motifs is 1. The van der Waals surface area contributed by atoms with E-state index in [2.05, 4.69) is 21.4 Å². The highest BCUT2D eigenvalue weighted by molar-refractivity contribution is 5.78. The standard InChI is InChI=1S/C16H23N3O3/c1-3-11(2)22-14(19-16(20)21)9-5-7-12-6-4-8-13-15(12)18-10-17-13/h4,6,8,10-11,14,19H,3,5,7,9H2,1-2H3,(H,17,18)(H,20,21). The maximum atomic E-state index is 10.8. The molecule has 1 aromatic heterocycles. The Bertz CT molecular complexity index is 611. The monoisotopic (exact) mass is 305 g/mol. The van der Waals surface area contributed by atoms with Gasteiger partial charge in [0, 0.05) is 0 Å². The normalized spacial score (nSPS) is 13.9. The summed E-state index contributed by atoms with van der Waals surface area (Å²) in [5.41, 5.74) is 3.16. The number of nitrogens with zero attached hydrogens (tertiary/aromatic N) is 1. The minimum Gasteiger partial charge on any atom is -0.465 e. The van der Waals surface area contributed by atoms with Gasteiger partial charge in [-0.3, -0.25) is 5.32 Å². The van der Waals surface area contributed by atoms with E-state index in [0.717, 1.165) is 35.9 Å². The molecule has 0 saturated heterocycles. The molecular weight excluding hydrogens is 282 g/mol. The van der Waals surface area contributed by atoms with Gasteiger partial charge < -0.3 is 14.8 Å². The van der Waals surface area contributed by atoms with Crippen LogP contribution in [0.15, 0.2) is 24.5 Å². The lowest BCUT2D eigenvalue weighted by Gasteiger charge is -2.21. The van der Waals surface area contributed by atoms with E-state index in [-0.39, 0.29) is 6.10 Å². The van der Waals surface area contributed by atoms with Crippen molar-refractivity contribution in [3.63, 3.8) is 0 Å². The van der Waals surface area contributed by atoms with E-state index in [9.17, 15) is 4.79 Å². The molecule has 0 saturated carbocycles. The van der Waals surface area contributed by atoms with E-state index in [1.165, 1.54) is 0 Å². The molecular formula is C16H23N3O3. The van der Waals surface area contributed by atoms with Gasteiger partial charge in [-0.1, -0.05) is 19.1 Å². The number of H-pyrrole nitrogens is 1. The van der Waals surface area contributed by atoms with Gasteiger partial charge >= 0.3 is 6.09 Å². The smallest absolute Gasteiger partial charge is 0.406 e. The number of rotatable bonds is 8. The van der Waals surface area contributed by atoms with Crippen molar-refractivity contribution in [3.8, 4) is 0 Å². The third kappa shape index (κ3) is 4.46. The summed E-state index contributed by atoms with van der Waals surface area (Å²) in [6, 6.07) is 6.05. The Hall–Kier alpha value is -2.08. The van der Waals surface area contributed by atoms with E-state index in [1.807, 2.05) is 26.0 Å². The number of amides is 1. The van der Waals surface area contributed by atoms with Crippen LogP contribution in [0.5, 0.6) is 0 Å². The second kappa shape index (κ2) is 7.79. The van der Waals surface area contributed by atoms with Crippen LogP contribution in [0.2, 0.25) is 0 Å². The first kappa shape index (κ1) is 16.3. The van der Waals surface area contributed by atoms with Crippen LogP contribution in [-0.2, 0) is 11.2 Å². The van der Waals surface area contributed by atoms with Gasteiger partial charge in [0.05, 0.1) is 23.5 Å². The number of carboxylic acid groups (broad SMARTS) is 1. The van der Waals surface area contributed by atoms with Crippen molar-refractivity contribution >= 4 is 17.1 Å². The molecule has 6 heteroatoms. The molecule has 2 atom stereocenters. The predicted octanol–water partition coefficient (Wildman–Crippen LogP) is 3.29. The summed E-state index contributed by atoms with van der Waals surface area (Å²) in [5.74, 6) is 0. The van der Waals surface area contributed by atoms with Crippen LogP contribution in [0.25, 0.3) is 11.0 Å². The minimum atomic E-state index is -1.05.